The van der Waals surface area contributed by atoms with Gasteiger partial charge in [-0.15, -0.1) is 0 Å². The Hall–Kier alpha value is -1.92. The monoisotopic (exact) mass is 663 g/mol. The highest BCUT2D eigenvalue weighted by atomic mass is 35.5. The summed E-state index contributed by atoms with van der Waals surface area (Å²) in [4.78, 5) is 28.3. The fourth-order valence-corrected chi connectivity index (χ4v) is 10.1. The van der Waals surface area contributed by atoms with Gasteiger partial charge in [0.1, 0.15) is 5.60 Å². The highest BCUT2D eigenvalue weighted by molar-refractivity contribution is 7.89. The predicted octanol–water partition coefficient (Wildman–Crippen LogP) is 3.98. The van der Waals surface area contributed by atoms with Crippen LogP contribution < -0.4 is 16.4 Å². The second kappa shape index (κ2) is 13.7. The molecular weight excluding hydrogens is 614 g/mol. The molecule has 3 saturated heterocycles. The number of hydrogen-bond donors (Lipinski definition) is 3. The number of sulfonamides is 1. The van der Waals surface area contributed by atoms with Gasteiger partial charge in [-0.05, 0) is 101 Å². The molecule has 3 aliphatic heterocycles. The third-order valence-corrected chi connectivity index (χ3v) is 13.4. The van der Waals surface area contributed by atoms with E-state index in [-0.39, 0.29) is 53.3 Å². The summed E-state index contributed by atoms with van der Waals surface area (Å²) in [5.41, 5.74) is 7.51. The molecule has 1 aromatic rings. The summed E-state index contributed by atoms with van der Waals surface area (Å²) in [6.07, 6.45) is 9.29. The van der Waals surface area contributed by atoms with Gasteiger partial charge in [0, 0.05) is 55.2 Å². The Balaban J connectivity index is 1.08. The fraction of sp³-hybridized carbons (Fsp3) is 0.758. The maximum atomic E-state index is 13.8. The number of likely N-dealkylation sites (tertiary alicyclic amines) is 1. The lowest BCUT2D eigenvalue weighted by atomic mass is 9.75. The van der Waals surface area contributed by atoms with Crippen molar-refractivity contribution in [2.24, 2.45) is 17.6 Å². The fourth-order valence-electron chi connectivity index (χ4n) is 8.12. The smallest absolute Gasteiger partial charge is 0.410 e. The Morgan fingerprint density at radius 3 is 2.53 bits per heavy atom. The van der Waals surface area contributed by atoms with Gasteiger partial charge in [0.15, 0.2) is 0 Å². The van der Waals surface area contributed by atoms with Gasteiger partial charge in [-0.1, -0.05) is 30.2 Å². The standard InChI is InChI=1S/C33H50ClN5O5S/c1-33(15-16-33)44-32(41)38-17-13-24(14-18-38)29(23-7-10-25(34)11-8-23)30(35)31(40)37-28-6-2-4-22(28)9-12-27-20-36-26-5-3-19-45(42,43)39(27)21-26/h7-8,10-11,22,24,26-30,36H,2-6,9,12-21,35H2,1H3,(H,37,40)/t22-,26-,27?,28+,29+,30+/m1/s1. The molecule has 6 rings (SSSR count). The first kappa shape index (κ1) is 33.0. The van der Waals surface area contributed by atoms with Crippen molar-refractivity contribution in [3.8, 4) is 0 Å². The number of ether oxygens (including phenoxy) is 1. The summed E-state index contributed by atoms with van der Waals surface area (Å²) in [7, 11) is -3.22. The van der Waals surface area contributed by atoms with E-state index in [1.54, 1.807) is 9.21 Å². The van der Waals surface area contributed by atoms with Gasteiger partial charge in [-0.3, -0.25) is 4.79 Å². The number of nitrogens with two attached hydrogens (primary N) is 1. The van der Waals surface area contributed by atoms with E-state index in [0.29, 0.717) is 43.5 Å². The largest absolute Gasteiger partial charge is 0.443 e. The number of nitrogens with one attached hydrogen (secondary N) is 2. The molecule has 0 spiro atoms. The zero-order chi connectivity index (χ0) is 31.8. The summed E-state index contributed by atoms with van der Waals surface area (Å²) in [6.45, 7) is 4.38. The third-order valence-electron chi connectivity index (χ3n) is 11.2. The lowest BCUT2D eigenvalue weighted by molar-refractivity contribution is -0.124. The van der Waals surface area contributed by atoms with Crippen molar-refractivity contribution in [1.82, 2.24) is 19.8 Å². The summed E-state index contributed by atoms with van der Waals surface area (Å²) >= 11 is 6.21. The Morgan fingerprint density at radius 2 is 1.82 bits per heavy atom. The number of halogens is 1. The number of carbonyl (C=O) groups excluding carboxylic acids is 2. The molecule has 0 aromatic heterocycles. The Bertz CT molecular complexity index is 1320. The number of rotatable bonds is 9. The van der Waals surface area contributed by atoms with E-state index >= 15 is 0 Å². The molecule has 2 unspecified atom stereocenters. The first-order valence-corrected chi connectivity index (χ1v) is 19.0. The Morgan fingerprint density at radius 1 is 1.09 bits per heavy atom. The number of fused-ring (bicyclic) bond motifs is 2. The van der Waals surface area contributed by atoms with Gasteiger partial charge in [0.25, 0.3) is 0 Å². The summed E-state index contributed by atoms with van der Waals surface area (Å²) < 4.78 is 33.3. The molecular formula is C33H50ClN5O5S. The molecule has 45 heavy (non-hydrogen) atoms. The van der Waals surface area contributed by atoms with Crippen LogP contribution in [-0.4, -0.2) is 91.3 Å². The molecule has 5 aliphatic rings. The molecule has 2 amide bonds. The van der Waals surface area contributed by atoms with Crippen LogP contribution in [0.5, 0.6) is 0 Å². The normalized spacial score (nSPS) is 32.2. The van der Waals surface area contributed by atoms with Crippen LogP contribution in [0.1, 0.15) is 89.0 Å². The number of nitrogens with zero attached hydrogens (tertiary/aromatic N) is 2. The van der Waals surface area contributed by atoms with Crippen molar-refractivity contribution in [2.75, 3.05) is 31.9 Å². The minimum Gasteiger partial charge on any atom is -0.443 e. The van der Waals surface area contributed by atoms with Crippen LogP contribution in [0.2, 0.25) is 5.02 Å². The van der Waals surface area contributed by atoms with Crippen LogP contribution in [0.4, 0.5) is 4.79 Å². The van der Waals surface area contributed by atoms with E-state index in [1.807, 2.05) is 31.2 Å². The highest BCUT2D eigenvalue weighted by Crippen LogP contribution is 2.41. The molecule has 7 atom stereocenters. The number of amides is 2. The third kappa shape index (κ3) is 7.80. The number of benzene rings is 1. The van der Waals surface area contributed by atoms with Gasteiger partial charge in [-0.25, -0.2) is 13.2 Å². The van der Waals surface area contributed by atoms with E-state index in [4.69, 9.17) is 22.1 Å². The Kier molecular flexibility index (Phi) is 10.0. The predicted molar refractivity (Wildman–Crippen MR) is 174 cm³/mol. The molecule has 2 saturated carbocycles. The molecule has 2 bridgehead atoms. The van der Waals surface area contributed by atoms with Crippen molar-refractivity contribution in [3.63, 3.8) is 0 Å². The lowest BCUT2D eigenvalue weighted by Crippen LogP contribution is -2.57. The van der Waals surface area contributed by atoms with E-state index < -0.39 is 16.1 Å². The number of carbonyl (C=O) groups is 2. The van der Waals surface area contributed by atoms with Crippen LogP contribution in [-0.2, 0) is 19.6 Å². The highest BCUT2D eigenvalue weighted by Gasteiger charge is 2.44. The van der Waals surface area contributed by atoms with E-state index in [9.17, 15) is 18.0 Å². The van der Waals surface area contributed by atoms with Crippen molar-refractivity contribution < 1.29 is 22.7 Å². The molecule has 3 heterocycles. The summed E-state index contributed by atoms with van der Waals surface area (Å²) in [5, 5.41) is 7.52. The average Bonchev–Trinajstić information content (AvgIpc) is 3.61. The first-order valence-electron chi connectivity index (χ1n) is 17.0. The van der Waals surface area contributed by atoms with Crippen LogP contribution >= 0.6 is 11.6 Å². The van der Waals surface area contributed by atoms with E-state index in [2.05, 4.69) is 10.6 Å². The average molecular weight is 664 g/mol. The molecule has 1 aromatic carbocycles. The number of hydrogen-bond acceptors (Lipinski definition) is 7. The molecule has 2 aliphatic carbocycles. The van der Waals surface area contributed by atoms with Crippen molar-refractivity contribution in [3.05, 3.63) is 34.9 Å². The minimum absolute atomic E-state index is 0.0277. The summed E-state index contributed by atoms with van der Waals surface area (Å²) in [5.74, 6) is 0.303. The van der Waals surface area contributed by atoms with Gasteiger partial charge in [0.05, 0.1) is 11.8 Å². The van der Waals surface area contributed by atoms with Crippen molar-refractivity contribution in [1.29, 1.82) is 0 Å². The zero-order valence-corrected chi connectivity index (χ0v) is 28.0. The van der Waals surface area contributed by atoms with Crippen LogP contribution in [0, 0.1) is 11.8 Å². The second-order valence-electron chi connectivity index (χ2n) is 14.4. The number of piperidine rings is 1. The molecule has 12 heteroatoms. The molecule has 250 valence electrons. The molecule has 10 nitrogen and oxygen atoms in total. The van der Waals surface area contributed by atoms with E-state index in [0.717, 1.165) is 69.8 Å². The van der Waals surface area contributed by atoms with Gasteiger partial charge >= 0.3 is 6.09 Å². The topological polar surface area (TPSA) is 134 Å². The maximum Gasteiger partial charge on any atom is 0.410 e. The van der Waals surface area contributed by atoms with Crippen molar-refractivity contribution in [2.45, 2.75) is 113 Å². The van der Waals surface area contributed by atoms with Crippen LogP contribution in [0.25, 0.3) is 0 Å². The second-order valence-corrected chi connectivity index (χ2v) is 16.9. The minimum atomic E-state index is -3.22. The zero-order valence-electron chi connectivity index (χ0n) is 26.5. The van der Waals surface area contributed by atoms with Gasteiger partial charge in [0.2, 0.25) is 15.9 Å². The molecule has 4 N–H and O–H groups in total. The summed E-state index contributed by atoms with van der Waals surface area (Å²) in [6, 6.07) is 7.11. The maximum absolute atomic E-state index is 13.8. The van der Waals surface area contributed by atoms with E-state index in [1.165, 1.54) is 0 Å². The lowest BCUT2D eigenvalue weighted by Gasteiger charge is -2.39. The molecule has 0 radical (unpaired) electrons. The first-order chi connectivity index (χ1) is 21.5. The number of piperazine rings is 1. The Labute approximate surface area is 273 Å². The van der Waals surface area contributed by atoms with Gasteiger partial charge in [-0.2, -0.15) is 4.31 Å². The van der Waals surface area contributed by atoms with Crippen LogP contribution in [0.15, 0.2) is 24.3 Å². The van der Waals surface area contributed by atoms with Gasteiger partial charge < -0.3 is 26.0 Å². The van der Waals surface area contributed by atoms with Crippen LogP contribution in [0.3, 0.4) is 0 Å². The van der Waals surface area contributed by atoms with Crippen molar-refractivity contribution >= 4 is 33.6 Å². The molecule has 5 fully saturated rings. The SMILES string of the molecule is CC1(OC(=O)N2CCC([C@H](c3ccc(Cl)cc3)[C@H](N)C(=O)N[C@H]3CCC[C@@H]3CCC3CN[C@@H]4CCCS(=O)(=O)N3C4)CC2)CC1. The quantitative estimate of drug-likeness (QED) is 0.364.